The van der Waals surface area contributed by atoms with Gasteiger partial charge in [0.2, 0.25) is 5.91 Å². The number of carboxylic acid groups (broad SMARTS) is 1. The highest BCUT2D eigenvalue weighted by molar-refractivity contribution is 5.79. The van der Waals surface area contributed by atoms with Crippen LogP contribution in [-0.2, 0) is 16.0 Å². The van der Waals surface area contributed by atoms with Crippen LogP contribution in [0.15, 0.2) is 54.6 Å². The fourth-order valence-corrected chi connectivity index (χ4v) is 2.58. The topological polar surface area (TPSA) is 75.6 Å². The van der Waals surface area contributed by atoms with Gasteiger partial charge in [-0.05, 0) is 36.1 Å². The van der Waals surface area contributed by atoms with Crippen LogP contribution in [0, 0.1) is 0 Å². The number of aliphatic carboxylic acids is 1. The molecule has 2 N–H and O–H groups in total. The molecular formula is C20H23NO4. The van der Waals surface area contributed by atoms with Crippen molar-refractivity contribution in [2.45, 2.75) is 25.2 Å². The van der Waals surface area contributed by atoms with Crippen molar-refractivity contribution in [1.82, 2.24) is 5.32 Å². The molecule has 0 saturated carbocycles. The zero-order chi connectivity index (χ0) is 18.1. The van der Waals surface area contributed by atoms with Gasteiger partial charge in [-0.15, -0.1) is 0 Å². The van der Waals surface area contributed by atoms with Crippen molar-refractivity contribution >= 4 is 11.9 Å². The Morgan fingerprint density at radius 2 is 1.76 bits per heavy atom. The number of methoxy groups -OCH3 is 1. The number of carbonyl (C=O) groups excluding carboxylic acids is 1. The summed E-state index contributed by atoms with van der Waals surface area (Å²) in [5.41, 5.74) is 1.83. The minimum absolute atomic E-state index is 0.0979. The Labute approximate surface area is 147 Å². The lowest BCUT2D eigenvalue weighted by Gasteiger charge is -2.13. The van der Waals surface area contributed by atoms with Gasteiger partial charge in [0.15, 0.2) is 0 Å². The van der Waals surface area contributed by atoms with E-state index in [2.05, 4.69) is 5.32 Å². The average Bonchev–Trinajstić information content (AvgIpc) is 2.63. The molecule has 5 heteroatoms. The monoisotopic (exact) mass is 341 g/mol. The lowest BCUT2D eigenvalue weighted by Crippen LogP contribution is -2.31. The smallest absolute Gasteiger partial charge is 0.312 e. The molecule has 1 atom stereocenters. The number of aryl methyl sites for hydroxylation is 1. The molecule has 2 aromatic rings. The average molecular weight is 341 g/mol. The Balaban J connectivity index is 1.76. The molecule has 0 radical (unpaired) electrons. The highest BCUT2D eigenvalue weighted by Gasteiger charge is 2.20. The molecule has 25 heavy (non-hydrogen) atoms. The van der Waals surface area contributed by atoms with Crippen LogP contribution in [0.2, 0.25) is 0 Å². The van der Waals surface area contributed by atoms with Gasteiger partial charge in [-0.25, -0.2) is 0 Å². The molecular weight excluding hydrogens is 318 g/mol. The molecule has 1 unspecified atom stereocenters. The van der Waals surface area contributed by atoms with Crippen molar-refractivity contribution in [3.05, 3.63) is 65.7 Å². The van der Waals surface area contributed by atoms with Gasteiger partial charge in [-0.1, -0.05) is 42.5 Å². The SMILES string of the molecule is COc1ccc(CCCC(=O)NCC(C(=O)O)c2ccccc2)cc1. The van der Waals surface area contributed by atoms with Gasteiger partial charge >= 0.3 is 5.97 Å². The number of amides is 1. The van der Waals surface area contributed by atoms with E-state index in [0.717, 1.165) is 17.7 Å². The molecule has 5 nitrogen and oxygen atoms in total. The second kappa shape index (κ2) is 9.47. The molecule has 0 heterocycles. The van der Waals surface area contributed by atoms with E-state index in [0.29, 0.717) is 18.4 Å². The number of hydrogen-bond donors (Lipinski definition) is 2. The van der Waals surface area contributed by atoms with Crippen LogP contribution < -0.4 is 10.1 Å². The maximum atomic E-state index is 12.0. The number of carboxylic acids is 1. The Hall–Kier alpha value is -2.82. The van der Waals surface area contributed by atoms with E-state index in [4.69, 9.17) is 4.74 Å². The molecule has 1 amide bonds. The Morgan fingerprint density at radius 3 is 2.36 bits per heavy atom. The van der Waals surface area contributed by atoms with E-state index in [1.807, 2.05) is 30.3 Å². The van der Waals surface area contributed by atoms with Gasteiger partial charge in [0, 0.05) is 13.0 Å². The molecule has 0 aliphatic heterocycles. The Kier molecular flexibility index (Phi) is 7.01. The first-order valence-electron chi connectivity index (χ1n) is 8.27. The third-order valence-corrected chi connectivity index (χ3v) is 4.03. The van der Waals surface area contributed by atoms with Crippen LogP contribution in [0.25, 0.3) is 0 Å². The van der Waals surface area contributed by atoms with Gasteiger partial charge in [-0.2, -0.15) is 0 Å². The molecule has 0 saturated heterocycles. The summed E-state index contributed by atoms with van der Waals surface area (Å²) in [6.45, 7) is 0.0979. The lowest BCUT2D eigenvalue weighted by atomic mass is 9.99. The van der Waals surface area contributed by atoms with Crippen molar-refractivity contribution in [3.8, 4) is 5.75 Å². The second-order valence-electron chi connectivity index (χ2n) is 5.81. The van der Waals surface area contributed by atoms with Crippen LogP contribution in [-0.4, -0.2) is 30.6 Å². The van der Waals surface area contributed by atoms with Crippen LogP contribution in [0.1, 0.15) is 29.9 Å². The fraction of sp³-hybridized carbons (Fsp3) is 0.300. The Bertz CT molecular complexity index is 683. The molecule has 2 aromatic carbocycles. The molecule has 132 valence electrons. The van der Waals surface area contributed by atoms with E-state index < -0.39 is 11.9 Å². The summed E-state index contributed by atoms with van der Waals surface area (Å²) < 4.78 is 5.11. The standard InChI is InChI=1S/C20H23NO4/c1-25-17-12-10-15(11-13-17)6-5-9-19(22)21-14-18(20(23)24)16-7-3-2-4-8-16/h2-4,7-8,10-13,18H,5-6,9,14H2,1H3,(H,21,22)(H,23,24). The normalized spacial score (nSPS) is 11.6. The van der Waals surface area contributed by atoms with Gasteiger partial charge in [0.05, 0.1) is 13.0 Å². The first-order chi connectivity index (χ1) is 12.1. The highest BCUT2D eigenvalue weighted by Crippen LogP contribution is 2.15. The Morgan fingerprint density at radius 1 is 1.08 bits per heavy atom. The summed E-state index contributed by atoms with van der Waals surface area (Å²) in [5, 5.41) is 12.1. The first kappa shape index (κ1) is 18.5. The molecule has 0 aromatic heterocycles. The van der Waals surface area contributed by atoms with E-state index >= 15 is 0 Å². The minimum atomic E-state index is -0.940. The minimum Gasteiger partial charge on any atom is -0.497 e. The summed E-state index contributed by atoms with van der Waals surface area (Å²) in [7, 11) is 1.62. The van der Waals surface area contributed by atoms with E-state index in [1.165, 1.54) is 0 Å². The van der Waals surface area contributed by atoms with Crippen LogP contribution in [0.5, 0.6) is 5.75 Å². The van der Waals surface area contributed by atoms with Crippen molar-refractivity contribution < 1.29 is 19.4 Å². The van der Waals surface area contributed by atoms with Crippen molar-refractivity contribution in [2.24, 2.45) is 0 Å². The van der Waals surface area contributed by atoms with Gasteiger partial charge in [0.1, 0.15) is 5.75 Å². The largest absolute Gasteiger partial charge is 0.497 e. The maximum Gasteiger partial charge on any atom is 0.312 e. The van der Waals surface area contributed by atoms with Crippen molar-refractivity contribution in [3.63, 3.8) is 0 Å². The first-order valence-corrected chi connectivity index (χ1v) is 8.27. The third kappa shape index (κ3) is 5.95. The van der Waals surface area contributed by atoms with E-state index in [9.17, 15) is 14.7 Å². The summed E-state index contributed by atoms with van der Waals surface area (Å²) in [6.07, 6.45) is 1.87. The summed E-state index contributed by atoms with van der Waals surface area (Å²) in [4.78, 5) is 23.4. The quantitative estimate of drug-likeness (QED) is 0.735. The number of benzene rings is 2. The van der Waals surface area contributed by atoms with Crippen molar-refractivity contribution in [2.75, 3.05) is 13.7 Å². The number of carbonyl (C=O) groups is 2. The molecule has 0 aliphatic rings. The molecule has 0 fully saturated rings. The van der Waals surface area contributed by atoms with Gasteiger partial charge in [0.25, 0.3) is 0 Å². The molecule has 0 spiro atoms. The molecule has 0 aliphatic carbocycles. The van der Waals surface area contributed by atoms with E-state index in [1.54, 1.807) is 31.4 Å². The lowest BCUT2D eigenvalue weighted by molar-refractivity contribution is -0.138. The predicted molar refractivity (Wildman–Crippen MR) is 95.8 cm³/mol. The predicted octanol–water partition coefficient (Wildman–Crippen LogP) is 3.00. The summed E-state index contributed by atoms with van der Waals surface area (Å²) in [6, 6.07) is 16.7. The van der Waals surface area contributed by atoms with Gasteiger partial charge in [-0.3, -0.25) is 9.59 Å². The van der Waals surface area contributed by atoms with Crippen LogP contribution >= 0.6 is 0 Å². The van der Waals surface area contributed by atoms with Crippen LogP contribution in [0.3, 0.4) is 0 Å². The second-order valence-corrected chi connectivity index (χ2v) is 5.81. The zero-order valence-electron chi connectivity index (χ0n) is 14.3. The number of hydrogen-bond acceptors (Lipinski definition) is 3. The van der Waals surface area contributed by atoms with Crippen molar-refractivity contribution in [1.29, 1.82) is 0 Å². The summed E-state index contributed by atoms with van der Waals surface area (Å²) >= 11 is 0. The molecule has 2 rings (SSSR count). The third-order valence-electron chi connectivity index (χ3n) is 4.03. The number of ether oxygens (including phenoxy) is 1. The fourth-order valence-electron chi connectivity index (χ4n) is 2.58. The number of rotatable bonds is 9. The molecule has 0 bridgehead atoms. The van der Waals surface area contributed by atoms with Gasteiger partial charge < -0.3 is 15.2 Å². The van der Waals surface area contributed by atoms with E-state index in [-0.39, 0.29) is 12.5 Å². The highest BCUT2D eigenvalue weighted by atomic mass is 16.5. The maximum absolute atomic E-state index is 12.0. The summed E-state index contributed by atoms with van der Waals surface area (Å²) in [5.74, 6) is -0.991. The van der Waals surface area contributed by atoms with Crippen LogP contribution in [0.4, 0.5) is 0 Å². The number of nitrogens with one attached hydrogen (secondary N) is 1. The zero-order valence-corrected chi connectivity index (χ0v) is 14.3.